The quantitative estimate of drug-likeness (QED) is 0.708. The zero-order chi connectivity index (χ0) is 11.1. The molecule has 1 aromatic heterocycles. The molecule has 0 amide bonds. The number of nitrogens with zero attached hydrogens (tertiary/aromatic N) is 2. The van der Waals surface area contributed by atoms with Crippen LogP contribution in [-0.2, 0) is 4.74 Å². The third-order valence-electron chi connectivity index (χ3n) is 2.27. The van der Waals surface area contributed by atoms with E-state index in [2.05, 4.69) is 16.0 Å². The van der Waals surface area contributed by atoms with Crippen LogP contribution in [0.1, 0.15) is 19.5 Å². The van der Waals surface area contributed by atoms with Gasteiger partial charge >= 0.3 is 0 Å². The summed E-state index contributed by atoms with van der Waals surface area (Å²) < 4.78 is 5.28. The summed E-state index contributed by atoms with van der Waals surface area (Å²) in [6.07, 6.45) is 1.93. The van der Waals surface area contributed by atoms with E-state index in [-0.39, 0.29) is 0 Å². The molecule has 0 saturated carbocycles. The molecule has 3 heteroatoms. The molecule has 0 aromatic carbocycles. The number of pyridine rings is 1. The van der Waals surface area contributed by atoms with E-state index in [0.717, 1.165) is 32.0 Å². The lowest BCUT2D eigenvalue weighted by molar-refractivity contribution is 0.122. The lowest BCUT2D eigenvalue weighted by Gasteiger charge is -2.28. The number of anilines is 1. The molecule has 0 radical (unpaired) electrons. The zero-order valence-electron chi connectivity index (χ0n) is 9.86. The fourth-order valence-corrected chi connectivity index (χ4v) is 1.47. The van der Waals surface area contributed by atoms with Gasteiger partial charge in [-0.25, -0.2) is 0 Å². The van der Waals surface area contributed by atoms with Gasteiger partial charge < -0.3 is 9.64 Å². The molecule has 0 atom stereocenters. The summed E-state index contributed by atoms with van der Waals surface area (Å²) in [4.78, 5) is 6.57. The molecule has 0 aliphatic carbocycles. The Balaban J connectivity index is 0.000000531. The molecule has 0 bridgehead atoms. The summed E-state index contributed by atoms with van der Waals surface area (Å²) >= 11 is 0. The minimum Gasteiger partial charge on any atom is -0.378 e. The van der Waals surface area contributed by atoms with Gasteiger partial charge in [-0.05, 0) is 19.1 Å². The van der Waals surface area contributed by atoms with Crippen LogP contribution in [0.5, 0.6) is 0 Å². The second-order valence-corrected chi connectivity index (χ2v) is 3.26. The number of hydrogen-bond acceptors (Lipinski definition) is 3. The van der Waals surface area contributed by atoms with Crippen molar-refractivity contribution in [1.29, 1.82) is 0 Å². The highest BCUT2D eigenvalue weighted by molar-refractivity contribution is 5.44. The first kappa shape index (κ1) is 12.0. The van der Waals surface area contributed by atoms with Crippen molar-refractivity contribution in [3.63, 3.8) is 0 Å². The molecule has 2 heterocycles. The van der Waals surface area contributed by atoms with Gasteiger partial charge in [0.05, 0.1) is 25.1 Å². The second kappa shape index (κ2) is 6.40. The van der Waals surface area contributed by atoms with Crippen molar-refractivity contribution in [3.8, 4) is 0 Å². The van der Waals surface area contributed by atoms with Gasteiger partial charge in [0, 0.05) is 18.8 Å². The van der Waals surface area contributed by atoms with Gasteiger partial charge in [-0.1, -0.05) is 13.8 Å². The maximum atomic E-state index is 5.28. The Morgan fingerprint density at radius 3 is 2.40 bits per heavy atom. The topological polar surface area (TPSA) is 25.4 Å². The lowest BCUT2D eigenvalue weighted by atomic mass is 10.3. The minimum atomic E-state index is 0.827. The minimum absolute atomic E-state index is 0.827. The predicted octanol–water partition coefficient (Wildman–Crippen LogP) is 2.25. The molecule has 2 rings (SSSR count). The molecule has 1 aromatic rings. The highest BCUT2D eigenvalue weighted by Gasteiger charge is 2.10. The van der Waals surface area contributed by atoms with E-state index in [9.17, 15) is 0 Å². The fraction of sp³-hybridized carbons (Fsp3) is 0.583. The number of aryl methyl sites for hydroxylation is 1. The van der Waals surface area contributed by atoms with Crippen LogP contribution in [0.2, 0.25) is 0 Å². The third-order valence-corrected chi connectivity index (χ3v) is 2.27. The zero-order valence-corrected chi connectivity index (χ0v) is 9.86. The van der Waals surface area contributed by atoms with Crippen LogP contribution in [0, 0.1) is 6.92 Å². The number of ether oxygens (including phenoxy) is 1. The molecule has 1 aliphatic heterocycles. The Morgan fingerprint density at radius 1 is 1.20 bits per heavy atom. The van der Waals surface area contributed by atoms with E-state index in [0.29, 0.717) is 0 Å². The highest BCUT2D eigenvalue weighted by atomic mass is 16.5. The van der Waals surface area contributed by atoms with E-state index in [1.807, 2.05) is 33.0 Å². The summed E-state index contributed by atoms with van der Waals surface area (Å²) in [5.41, 5.74) is 2.27. The normalized spacial score (nSPS) is 15.5. The van der Waals surface area contributed by atoms with Crippen molar-refractivity contribution < 1.29 is 4.74 Å². The van der Waals surface area contributed by atoms with Gasteiger partial charge in [0.25, 0.3) is 0 Å². The van der Waals surface area contributed by atoms with Crippen LogP contribution in [0.15, 0.2) is 18.3 Å². The van der Waals surface area contributed by atoms with Crippen molar-refractivity contribution in [1.82, 2.24) is 4.98 Å². The van der Waals surface area contributed by atoms with E-state index < -0.39 is 0 Å². The van der Waals surface area contributed by atoms with Crippen LogP contribution in [0.4, 0.5) is 5.69 Å². The average molecular weight is 208 g/mol. The first-order valence-corrected chi connectivity index (χ1v) is 5.61. The molecule has 0 spiro atoms. The Morgan fingerprint density at radius 2 is 1.87 bits per heavy atom. The molecular weight excluding hydrogens is 188 g/mol. The number of aromatic nitrogens is 1. The molecule has 1 fully saturated rings. The van der Waals surface area contributed by atoms with E-state index in [4.69, 9.17) is 4.74 Å². The predicted molar refractivity (Wildman–Crippen MR) is 63.4 cm³/mol. The first-order valence-electron chi connectivity index (χ1n) is 5.61. The maximum absolute atomic E-state index is 5.28. The summed E-state index contributed by atoms with van der Waals surface area (Å²) in [5, 5.41) is 0. The number of rotatable bonds is 1. The van der Waals surface area contributed by atoms with Gasteiger partial charge in [0.15, 0.2) is 0 Å². The van der Waals surface area contributed by atoms with Gasteiger partial charge in [0.1, 0.15) is 0 Å². The highest BCUT2D eigenvalue weighted by Crippen LogP contribution is 2.13. The van der Waals surface area contributed by atoms with Crippen LogP contribution < -0.4 is 4.90 Å². The molecular formula is C12H20N2O. The summed E-state index contributed by atoms with van der Waals surface area (Å²) in [6, 6.07) is 4.17. The Kier molecular flexibility index (Phi) is 5.12. The molecule has 1 saturated heterocycles. The van der Waals surface area contributed by atoms with Crippen molar-refractivity contribution in [2.24, 2.45) is 0 Å². The molecule has 0 N–H and O–H groups in total. The Hall–Kier alpha value is -1.09. The standard InChI is InChI=1S/C10H14N2O.C2H6/c1-9-2-3-10(8-11-9)12-4-6-13-7-5-12;1-2/h2-3,8H,4-7H2,1H3;1-2H3. The van der Waals surface area contributed by atoms with E-state index >= 15 is 0 Å². The monoisotopic (exact) mass is 208 g/mol. The van der Waals surface area contributed by atoms with E-state index in [1.54, 1.807) is 0 Å². The maximum Gasteiger partial charge on any atom is 0.0642 e. The molecule has 0 unspecified atom stereocenters. The second-order valence-electron chi connectivity index (χ2n) is 3.26. The summed E-state index contributed by atoms with van der Waals surface area (Å²) in [6.45, 7) is 9.61. The Bertz CT molecular complexity index is 265. The van der Waals surface area contributed by atoms with Crippen LogP contribution in [0.25, 0.3) is 0 Å². The average Bonchev–Trinajstić information content (AvgIpc) is 2.34. The van der Waals surface area contributed by atoms with Crippen molar-refractivity contribution in [2.75, 3.05) is 31.2 Å². The smallest absolute Gasteiger partial charge is 0.0642 e. The van der Waals surface area contributed by atoms with Crippen molar-refractivity contribution >= 4 is 5.69 Å². The first-order chi connectivity index (χ1) is 7.36. The van der Waals surface area contributed by atoms with Gasteiger partial charge in [-0.2, -0.15) is 0 Å². The van der Waals surface area contributed by atoms with Gasteiger partial charge in [0.2, 0.25) is 0 Å². The fourth-order valence-electron chi connectivity index (χ4n) is 1.47. The number of hydrogen-bond donors (Lipinski definition) is 0. The Labute approximate surface area is 92.1 Å². The summed E-state index contributed by atoms with van der Waals surface area (Å²) in [7, 11) is 0. The number of morpholine rings is 1. The molecule has 3 nitrogen and oxygen atoms in total. The SMILES string of the molecule is CC.Cc1ccc(N2CCOCC2)cn1. The molecule has 15 heavy (non-hydrogen) atoms. The van der Waals surface area contributed by atoms with Crippen LogP contribution in [-0.4, -0.2) is 31.3 Å². The van der Waals surface area contributed by atoms with Gasteiger partial charge in [-0.15, -0.1) is 0 Å². The summed E-state index contributed by atoms with van der Waals surface area (Å²) in [5.74, 6) is 0. The van der Waals surface area contributed by atoms with E-state index in [1.165, 1.54) is 5.69 Å². The third kappa shape index (κ3) is 3.51. The molecule has 1 aliphatic rings. The van der Waals surface area contributed by atoms with Crippen molar-refractivity contribution in [2.45, 2.75) is 20.8 Å². The van der Waals surface area contributed by atoms with Crippen LogP contribution >= 0.6 is 0 Å². The molecule has 84 valence electrons. The van der Waals surface area contributed by atoms with Crippen molar-refractivity contribution in [3.05, 3.63) is 24.0 Å². The largest absolute Gasteiger partial charge is 0.378 e. The lowest BCUT2D eigenvalue weighted by Crippen LogP contribution is -2.36. The van der Waals surface area contributed by atoms with Crippen LogP contribution in [0.3, 0.4) is 0 Å². The van der Waals surface area contributed by atoms with Gasteiger partial charge in [-0.3, -0.25) is 4.98 Å².